The Kier molecular flexibility index (Phi) is 5.61. The molecule has 0 heteroatoms. The molecule has 0 aliphatic heterocycles. The number of rotatable bonds is 2. The Bertz CT molecular complexity index is 91.2. The van der Waals surface area contributed by atoms with Crippen LogP contribution in [0.1, 0.15) is 6.92 Å². The molecule has 0 aromatic carbocycles. The highest BCUT2D eigenvalue weighted by Crippen LogP contribution is 1.77. The molecular weight excluding hydrogens is 96.1 g/mol. The van der Waals surface area contributed by atoms with Gasteiger partial charge in [-0.25, -0.2) is 0 Å². The quantitative estimate of drug-likeness (QED) is 0.475. The van der Waals surface area contributed by atoms with Gasteiger partial charge in [-0.1, -0.05) is 36.5 Å². The van der Waals surface area contributed by atoms with Crippen LogP contribution in [0.2, 0.25) is 0 Å². The van der Waals surface area contributed by atoms with Crippen LogP contribution in [0.4, 0.5) is 0 Å². The normalized spacial score (nSPS) is 12.8. The third kappa shape index (κ3) is 5.22. The maximum atomic E-state index is 3.53. The fourth-order valence-electron chi connectivity index (χ4n) is 0.318. The van der Waals surface area contributed by atoms with Gasteiger partial charge < -0.3 is 0 Å². The van der Waals surface area contributed by atoms with E-state index in [1.807, 2.05) is 37.3 Å². The molecule has 0 aliphatic rings. The monoisotopic (exact) mass is 107 g/mol. The van der Waals surface area contributed by atoms with E-state index in [0.29, 0.717) is 0 Å². The van der Waals surface area contributed by atoms with Crippen LogP contribution >= 0.6 is 0 Å². The molecule has 0 saturated heterocycles. The summed E-state index contributed by atoms with van der Waals surface area (Å²) in [7, 11) is 0. The van der Waals surface area contributed by atoms with Crippen molar-refractivity contribution in [3.05, 3.63) is 43.4 Å². The highest BCUT2D eigenvalue weighted by atomic mass is 13.6. The summed E-state index contributed by atoms with van der Waals surface area (Å²) >= 11 is 0. The van der Waals surface area contributed by atoms with Crippen LogP contribution in [0.15, 0.2) is 36.5 Å². The molecule has 0 N–H and O–H groups in total. The minimum absolute atomic E-state index is 1.75. The maximum Gasteiger partial charge on any atom is -0.0313 e. The summed E-state index contributed by atoms with van der Waals surface area (Å²) in [6, 6.07) is 0. The lowest BCUT2D eigenvalue weighted by Gasteiger charge is -1.68. The summed E-state index contributed by atoms with van der Waals surface area (Å²) in [5.41, 5.74) is 0. The van der Waals surface area contributed by atoms with Gasteiger partial charge in [0, 0.05) is 0 Å². The second kappa shape index (κ2) is 6.22. The van der Waals surface area contributed by atoms with Crippen molar-refractivity contribution < 1.29 is 0 Å². The molecule has 0 atom stereocenters. The lowest BCUT2D eigenvalue weighted by atomic mass is 10.4. The van der Waals surface area contributed by atoms with Crippen molar-refractivity contribution in [1.82, 2.24) is 0 Å². The first-order valence-electron chi connectivity index (χ1n) is 2.65. The fraction of sp³-hybridized carbons (Fsp3) is 0.125. The molecule has 8 heavy (non-hydrogen) atoms. The van der Waals surface area contributed by atoms with Gasteiger partial charge in [0.2, 0.25) is 0 Å². The molecule has 0 bridgehead atoms. The second-order valence-electron chi connectivity index (χ2n) is 1.34. The zero-order chi connectivity index (χ0) is 6.24. The standard InChI is InChI=1S/C8H11/c1-3-5-7-8-6-4-2/h3-8H,1H2,2H3. The Labute approximate surface area is 51.2 Å². The largest absolute Gasteiger partial charge is 0.0877 e. The van der Waals surface area contributed by atoms with Gasteiger partial charge >= 0.3 is 0 Å². The van der Waals surface area contributed by atoms with Crippen LogP contribution in [0, 0.1) is 6.92 Å². The molecule has 43 valence electrons. The number of hydrogen-bond donors (Lipinski definition) is 0. The summed E-state index contributed by atoms with van der Waals surface area (Å²) in [6.45, 7) is 5.51. The van der Waals surface area contributed by atoms with Gasteiger partial charge in [-0.15, -0.1) is 0 Å². The highest BCUT2D eigenvalue weighted by Gasteiger charge is 1.55. The van der Waals surface area contributed by atoms with E-state index in [1.54, 1.807) is 6.08 Å². The van der Waals surface area contributed by atoms with Gasteiger partial charge in [0.05, 0.1) is 0 Å². The van der Waals surface area contributed by atoms with Crippen molar-refractivity contribution in [3.63, 3.8) is 0 Å². The van der Waals surface area contributed by atoms with Crippen LogP contribution in [0.5, 0.6) is 0 Å². The van der Waals surface area contributed by atoms with Crippen LogP contribution in [-0.2, 0) is 0 Å². The zero-order valence-corrected chi connectivity index (χ0v) is 5.17. The van der Waals surface area contributed by atoms with Crippen LogP contribution < -0.4 is 0 Å². The average molecular weight is 107 g/mol. The second-order valence-corrected chi connectivity index (χ2v) is 1.34. The van der Waals surface area contributed by atoms with E-state index in [2.05, 4.69) is 6.92 Å². The van der Waals surface area contributed by atoms with Gasteiger partial charge in [0.1, 0.15) is 0 Å². The topological polar surface area (TPSA) is 0 Å². The van der Waals surface area contributed by atoms with Crippen molar-refractivity contribution in [3.8, 4) is 0 Å². The Morgan fingerprint density at radius 1 is 1.00 bits per heavy atom. The van der Waals surface area contributed by atoms with Gasteiger partial charge in [0.15, 0.2) is 0 Å². The molecule has 0 aliphatic carbocycles. The van der Waals surface area contributed by atoms with Gasteiger partial charge in [0.25, 0.3) is 0 Å². The summed E-state index contributed by atoms with van der Waals surface area (Å²) in [6.07, 6.45) is 11.5. The van der Waals surface area contributed by atoms with E-state index in [-0.39, 0.29) is 0 Å². The van der Waals surface area contributed by atoms with Crippen LogP contribution in [0.3, 0.4) is 0 Å². The lowest BCUT2D eigenvalue weighted by Crippen LogP contribution is -1.46. The molecule has 0 nitrogen and oxygen atoms in total. The molecule has 0 rings (SSSR count). The minimum atomic E-state index is 1.75. The molecule has 0 aromatic heterocycles. The minimum Gasteiger partial charge on any atom is -0.0877 e. The molecule has 0 unspecified atom stereocenters. The van der Waals surface area contributed by atoms with E-state index in [4.69, 9.17) is 0 Å². The predicted octanol–water partition coefficient (Wildman–Crippen LogP) is 2.51. The molecule has 0 aromatic rings. The third-order valence-electron chi connectivity index (χ3n) is 0.662. The molecule has 1 radical (unpaired) electrons. The highest BCUT2D eigenvalue weighted by molar-refractivity contribution is 5.10. The Morgan fingerprint density at radius 2 is 1.62 bits per heavy atom. The van der Waals surface area contributed by atoms with Crippen LogP contribution in [0.25, 0.3) is 0 Å². The summed E-state index contributed by atoms with van der Waals surface area (Å²) in [4.78, 5) is 0. The van der Waals surface area contributed by atoms with Gasteiger partial charge in [-0.2, -0.15) is 0 Å². The van der Waals surface area contributed by atoms with Crippen molar-refractivity contribution in [2.24, 2.45) is 0 Å². The smallest absolute Gasteiger partial charge is 0.0313 e. The fourth-order valence-corrected chi connectivity index (χ4v) is 0.318. The van der Waals surface area contributed by atoms with Crippen LogP contribution in [-0.4, -0.2) is 0 Å². The molecule has 0 fully saturated rings. The van der Waals surface area contributed by atoms with Gasteiger partial charge in [-0.3, -0.25) is 0 Å². The van der Waals surface area contributed by atoms with Crippen molar-refractivity contribution in [1.29, 1.82) is 0 Å². The molecule has 0 amide bonds. The lowest BCUT2D eigenvalue weighted by molar-refractivity contribution is 1.73. The number of allylic oxidation sites excluding steroid dienone is 6. The Hall–Kier alpha value is -0.780. The average Bonchev–Trinajstić information content (AvgIpc) is 1.81. The first kappa shape index (κ1) is 7.22. The van der Waals surface area contributed by atoms with E-state index in [9.17, 15) is 0 Å². The summed E-state index contributed by atoms with van der Waals surface area (Å²) < 4.78 is 0. The Balaban J connectivity index is 3.35. The summed E-state index contributed by atoms with van der Waals surface area (Å²) in [5, 5.41) is 0. The summed E-state index contributed by atoms with van der Waals surface area (Å²) in [5.74, 6) is 0. The molecular formula is C8H11. The molecule has 0 heterocycles. The van der Waals surface area contributed by atoms with E-state index in [1.165, 1.54) is 0 Å². The molecule has 0 spiro atoms. The Morgan fingerprint density at radius 3 is 2.12 bits per heavy atom. The zero-order valence-electron chi connectivity index (χ0n) is 5.17. The van der Waals surface area contributed by atoms with E-state index >= 15 is 0 Å². The predicted molar refractivity (Wildman–Crippen MR) is 38.5 cm³/mol. The van der Waals surface area contributed by atoms with Gasteiger partial charge in [-0.05, 0) is 13.8 Å². The first-order chi connectivity index (χ1) is 3.91. The third-order valence-corrected chi connectivity index (χ3v) is 0.662. The SMILES string of the molecule is [CH2]C=CC=CC=CC. The maximum absolute atomic E-state index is 3.53. The van der Waals surface area contributed by atoms with Crippen molar-refractivity contribution in [2.45, 2.75) is 6.92 Å². The van der Waals surface area contributed by atoms with E-state index in [0.717, 1.165) is 0 Å². The van der Waals surface area contributed by atoms with Crippen molar-refractivity contribution in [2.75, 3.05) is 0 Å². The molecule has 0 saturated carbocycles. The van der Waals surface area contributed by atoms with E-state index < -0.39 is 0 Å². The van der Waals surface area contributed by atoms with Crippen molar-refractivity contribution >= 4 is 0 Å². The number of hydrogen-bond acceptors (Lipinski definition) is 0. The first-order valence-corrected chi connectivity index (χ1v) is 2.65.